The van der Waals surface area contributed by atoms with Gasteiger partial charge in [0.2, 0.25) is 0 Å². The number of hydrogen-bond acceptors (Lipinski definition) is 6. The number of aryl methyl sites for hydroxylation is 2. The third-order valence-corrected chi connectivity index (χ3v) is 10.2. The van der Waals surface area contributed by atoms with Crippen molar-refractivity contribution in [2.45, 2.75) is 52.6 Å². The Bertz CT molecular complexity index is 2620. The summed E-state index contributed by atoms with van der Waals surface area (Å²) >= 11 is 11.1. The number of thiocarbonyl (C=S) groups is 2. The molecule has 0 saturated carbocycles. The fourth-order valence-electron chi connectivity index (χ4n) is 6.46. The molecule has 2 aliphatic heterocycles. The first-order chi connectivity index (χ1) is 27.9. The number of primary amides is 1. The molecular formula is C41H36F2N8O4S2. The lowest BCUT2D eigenvalue weighted by Crippen LogP contribution is -2.44. The van der Waals surface area contributed by atoms with E-state index >= 15 is 0 Å². The van der Waals surface area contributed by atoms with E-state index in [0.29, 0.717) is 34.0 Å². The van der Waals surface area contributed by atoms with E-state index in [-0.39, 0.29) is 33.3 Å². The number of hydrogen-bond donors (Lipinski definition) is 2. The maximum absolute atomic E-state index is 14.7. The number of rotatable bonds is 6. The fraction of sp³-hybridized carbons (Fsp3) is 0.220. The molecule has 4 aromatic rings. The third-order valence-electron chi connectivity index (χ3n) is 9.50. The van der Waals surface area contributed by atoms with Crippen LogP contribution in [0.5, 0.6) is 0 Å². The van der Waals surface area contributed by atoms with Gasteiger partial charge in [-0.2, -0.15) is 0 Å². The van der Waals surface area contributed by atoms with E-state index in [0.717, 1.165) is 23.8 Å². The Kier molecular flexibility index (Phi) is 10.1. The van der Waals surface area contributed by atoms with Crippen LogP contribution in [0.4, 0.5) is 42.9 Å². The average Bonchev–Trinajstić information content (AvgIpc) is 3.44. The smallest absolute Gasteiger partial charge is 0.259 e. The maximum atomic E-state index is 14.7. The van der Waals surface area contributed by atoms with Crippen molar-refractivity contribution in [3.05, 3.63) is 130 Å². The summed E-state index contributed by atoms with van der Waals surface area (Å²) in [4.78, 5) is 62.2. The number of carbonyl (C=O) groups excluding carboxylic acids is 4. The molecule has 4 aromatic carbocycles. The van der Waals surface area contributed by atoms with Crippen LogP contribution >= 0.6 is 24.4 Å². The topological polar surface area (TPSA) is 128 Å². The molecule has 6 rings (SSSR count). The number of anilines is 4. The van der Waals surface area contributed by atoms with Crippen molar-refractivity contribution < 1.29 is 32.1 Å². The highest BCUT2D eigenvalue weighted by Crippen LogP contribution is 2.40. The van der Waals surface area contributed by atoms with Crippen LogP contribution in [-0.2, 0) is 9.59 Å². The molecule has 0 bridgehead atoms. The van der Waals surface area contributed by atoms with Gasteiger partial charge in [0.1, 0.15) is 22.7 Å². The van der Waals surface area contributed by atoms with Crippen molar-refractivity contribution in [3.8, 4) is 0 Å². The number of carbonyl (C=O) groups is 4. The van der Waals surface area contributed by atoms with Gasteiger partial charge in [-0.3, -0.25) is 29.0 Å². The summed E-state index contributed by atoms with van der Waals surface area (Å²) in [7, 11) is 0. The second-order valence-electron chi connectivity index (χ2n) is 13.9. The highest BCUT2D eigenvalue weighted by Gasteiger charge is 2.51. The quantitative estimate of drug-likeness (QED) is 0.150. The third kappa shape index (κ3) is 7.28. The molecule has 2 heterocycles. The van der Waals surface area contributed by atoms with Gasteiger partial charge >= 0.3 is 0 Å². The first-order valence-electron chi connectivity index (χ1n) is 18.4. The summed E-state index contributed by atoms with van der Waals surface area (Å²) in [6, 6.07) is 17.4. The zero-order valence-electron chi connectivity index (χ0n) is 34.4. The van der Waals surface area contributed by atoms with Gasteiger partial charge in [0, 0.05) is 33.8 Å². The molecule has 2 fully saturated rings. The number of nitrogens with two attached hydrogens (primary N) is 1. The first-order valence-corrected chi connectivity index (χ1v) is 17.7. The van der Waals surface area contributed by atoms with E-state index in [2.05, 4.69) is 9.69 Å². The molecule has 0 spiro atoms. The van der Waals surface area contributed by atoms with E-state index in [1.54, 1.807) is 83.3 Å². The summed E-state index contributed by atoms with van der Waals surface area (Å²) < 4.78 is 50.3. The molecule has 16 heteroatoms. The second kappa shape index (κ2) is 15.5. The van der Waals surface area contributed by atoms with Crippen LogP contribution in [0.15, 0.2) is 72.8 Å². The molecule has 2 aliphatic rings. The number of halogens is 2. The largest absolute Gasteiger partial charge is 0.366 e. The van der Waals surface area contributed by atoms with Crippen LogP contribution in [0, 0.1) is 38.6 Å². The lowest BCUT2D eigenvalue weighted by molar-refractivity contribution is -0.121. The Balaban J connectivity index is 0.000000230. The van der Waals surface area contributed by atoms with Gasteiger partial charge < -0.3 is 20.9 Å². The first kappa shape index (κ1) is 37.3. The highest BCUT2D eigenvalue weighted by atomic mass is 32.1. The standard InChI is InChI=1S/C21H19FN4O2S.C20H17FN4O2S/c1-12-10-13(7-9-17(12)23-4)25-19(28)21(2,3)26(20(25)29)14-6-8-15(16(22)11-14)18(27)24-5;1-11-9-12(6-8-16(11)23-4)24-18(27)20(2,3)25(19(24)28)13-5-7-14(17(22)26)15(21)10-13/h6-11H,1-3,5H3,(H,24,27);5-10H,1-3H3,(H2,22,26)/i5D3;. The number of nitrogens with zero attached hydrogens (tertiary/aromatic N) is 6. The van der Waals surface area contributed by atoms with Crippen molar-refractivity contribution in [2.75, 3.05) is 26.6 Å². The molecule has 57 heavy (non-hydrogen) atoms. The fourth-order valence-corrected chi connectivity index (χ4v) is 7.50. The minimum atomic E-state index is -2.76. The van der Waals surface area contributed by atoms with E-state index in [9.17, 15) is 28.0 Å². The van der Waals surface area contributed by atoms with Gasteiger partial charge in [-0.15, -0.1) is 0 Å². The molecule has 3 N–H and O–H groups in total. The van der Waals surface area contributed by atoms with Crippen molar-refractivity contribution in [1.82, 2.24) is 5.32 Å². The van der Waals surface area contributed by atoms with Gasteiger partial charge in [-0.05, 0) is 138 Å². The maximum Gasteiger partial charge on any atom is 0.259 e. The van der Waals surface area contributed by atoms with Crippen molar-refractivity contribution >= 4 is 92.4 Å². The van der Waals surface area contributed by atoms with Gasteiger partial charge in [0.25, 0.3) is 23.6 Å². The van der Waals surface area contributed by atoms with Crippen LogP contribution in [-0.4, -0.2) is 51.9 Å². The normalized spacial score (nSPS) is 16.6. The summed E-state index contributed by atoms with van der Waals surface area (Å²) in [5, 5.41) is 2.02. The second-order valence-corrected chi connectivity index (χ2v) is 14.7. The van der Waals surface area contributed by atoms with Crippen LogP contribution in [0.1, 0.15) is 63.7 Å². The Hall–Kier alpha value is -6.62. The Morgan fingerprint density at radius 2 is 1.09 bits per heavy atom. The summed E-state index contributed by atoms with van der Waals surface area (Å²) in [5.41, 5.74) is 6.15. The molecule has 0 aliphatic carbocycles. The Morgan fingerprint density at radius 3 is 1.42 bits per heavy atom. The van der Waals surface area contributed by atoms with Crippen molar-refractivity contribution in [2.24, 2.45) is 5.73 Å². The minimum absolute atomic E-state index is 0.106. The van der Waals surface area contributed by atoms with Crippen LogP contribution < -0.4 is 30.7 Å². The molecule has 0 atom stereocenters. The zero-order valence-corrected chi connectivity index (χ0v) is 33.0. The van der Waals surface area contributed by atoms with Crippen LogP contribution in [0.2, 0.25) is 0 Å². The monoisotopic (exact) mass is 809 g/mol. The number of nitrogens with one attached hydrogen (secondary N) is 1. The molecule has 0 aromatic heterocycles. The van der Waals surface area contributed by atoms with E-state index in [1.165, 1.54) is 37.8 Å². The van der Waals surface area contributed by atoms with E-state index < -0.39 is 47.1 Å². The van der Waals surface area contributed by atoms with Crippen molar-refractivity contribution in [3.63, 3.8) is 0 Å². The molecule has 2 saturated heterocycles. The Labute approximate surface area is 343 Å². The minimum Gasteiger partial charge on any atom is -0.366 e. The molecule has 0 unspecified atom stereocenters. The Morgan fingerprint density at radius 1 is 0.702 bits per heavy atom. The molecule has 0 radical (unpaired) electrons. The molecule has 12 nitrogen and oxygen atoms in total. The highest BCUT2D eigenvalue weighted by molar-refractivity contribution is 7.81. The molecular weight excluding hydrogens is 771 g/mol. The zero-order chi connectivity index (χ0) is 44.8. The van der Waals surface area contributed by atoms with Crippen LogP contribution in [0.3, 0.4) is 0 Å². The van der Waals surface area contributed by atoms with Crippen molar-refractivity contribution in [1.29, 1.82) is 0 Å². The summed E-state index contributed by atoms with van der Waals surface area (Å²) in [6.45, 7) is 21.8. The summed E-state index contributed by atoms with van der Waals surface area (Å²) in [6.07, 6.45) is 0. The summed E-state index contributed by atoms with van der Waals surface area (Å²) in [5.74, 6) is -4.32. The number of amides is 4. The van der Waals surface area contributed by atoms with Gasteiger partial charge in [0.05, 0.1) is 24.3 Å². The lowest BCUT2D eigenvalue weighted by atomic mass is 10.0. The average molecular weight is 810 g/mol. The van der Waals surface area contributed by atoms with Crippen LogP contribution in [0.25, 0.3) is 9.69 Å². The van der Waals surface area contributed by atoms with Gasteiger partial charge in [-0.1, -0.05) is 12.1 Å². The molecule has 4 amide bonds. The van der Waals surface area contributed by atoms with Gasteiger partial charge in [-0.25, -0.2) is 18.5 Å². The predicted octanol–water partition coefficient (Wildman–Crippen LogP) is 7.66. The predicted molar refractivity (Wildman–Crippen MR) is 223 cm³/mol. The lowest BCUT2D eigenvalue weighted by Gasteiger charge is -2.29. The van der Waals surface area contributed by atoms with Gasteiger partial charge in [0.15, 0.2) is 21.6 Å². The SMILES string of the molecule is [2H]C([2H])([2H])NC(=O)c1ccc(N2C(=S)N(c3ccc([N+]#[C-])c(C)c3)C(=O)C2(C)C)cc1F.[C-]#[N+]c1ccc(N2C(=O)C(C)(C)N(c3ccc(C(N)=O)c(F)c3)C2=S)cc1C. The van der Waals surface area contributed by atoms with E-state index in [4.69, 9.17) is 47.4 Å². The van der Waals surface area contributed by atoms with E-state index in [1.807, 2.05) is 0 Å². The molecule has 290 valence electrons. The number of benzene rings is 4.